The molecule has 2 N–H and O–H groups in total. The first-order valence-electron chi connectivity index (χ1n) is 8.27. The minimum atomic E-state index is 0.388. The SMILES string of the molecule is CC1=CC=C(c2nc(N)c3nccnc3c2-c2ccc3ncnn3c2)C1. The molecule has 0 bridgehead atoms. The molecule has 1 aliphatic rings. The summed E-state index contributed by atoms with van der Waals surface area (Å²) in [7, 11) is 0. The Morgan fingerprint density at radius 1 is 1.04 bits per heavy atom. The first-order chi connectivity index (χ1) is 12.7. The Labute approximate surface area is 148 Å². The highest BCUT2D eigenvalue weighted by Crippen LogP contribution is 2.38. The van der Waals surface area contributed by atoms with E-state index in [-0.39, 0.29) is 0 Å². The summed E-state index contributed by atoms with van der Waals surface area (Å²) in [6.07, 6.45) is 11.8. The number of nitrogens with two attached hydrogens (primary N) is 1. The smallest absolute Gasteiger partial charge is 0.155 e. The highest BCUT2D eigenvalue weighted by atomic mass is 15.3. The van der Waals surface area contributed by atoms with Gasteiger partial charge in [-0.25, -0.2) is 19.5 Å². The molecule has 0 spiro atoms. The largest absolute Gasteiger partial charge is 0.382 e. The number of fused-ring (bicyclic) bond motifs is 2. The van der Waals surface area contributed by atoms with Gasteiger partial charge >= 0.3 is 0 Å². The molecular weight excluding hydrogens is 326 g/mol. The van der Waals surface area contributed by atoms with E-state index in [4.69, 9.17) is 10.7 Å². The summed E-state index contributed by atoms with van der Waals surface area (Å²) in [5.41, 5.74) is 13.4. The first kappa shape index (κ1) is 14.7. The fourth-order valence-electron chi connectivity index (χ4n) is 3.34. The van der Waals surface area contributed by atoms with Crippen LogP contribution in [0, 0.1) is 0 Å². The molecule has 26 heavy (non-hydrogen) atoms. The fourth-order valence-corrected chi connectivity index (χ4v) is 3.34. The van der Waals surface area contributed by atoms with Gasteiger partial charge in [0.05, 0.1) is 5.69 Å². The van der Waals surface area contributed by atoms with Crippen molar-refractivity contribution in [2.24, 2.45) is 0 Å². The van der Waals surface area contributed by atoms with Crippen molar-refractivity contribution in [2.45, 2.75) is 13.3 Å². The zero-order chi connectivity index (χ0) is 17.7. The fraction of sp³-hybridized carbons (Fsp3) is 0.105. The standard InChI is InChI=1S/C19H15N7/c1-11-2-3-12(8-11)16-15(13-4-5-14-23-10-24-26(14)9-13)17-18(19(20)25-16)22-7-6-21-17/h2-7,9-10H,8H2,1H3,(H2,20,25). The first-order valence-corrected chi connectivity index (χ1v) is 8.27. The number of pyridine rings is 2. The van der Waals surface area contributed by atoms with Crippen molar-refractivity contribution in [3.8, 4) is 11.1 Å². The second-order valence-electron chi connectivity index (χ2n) is 6.34. The summed E-state index contributed by atoms with van der Waals surface area (Å²) >= 11 is 0. The Kier molecular flexibility index (Phi) is 3.08. The van der Waals surface area contributed by atoms with E-state index in [9.17, 15) is 0 Å². The molecule has 0 aromatic carbocycles. The number of anilines is 1. The van der Waals surface area contributed by atoms with Crippen molar-refractivity contribution >= 4 is 28.1 Å². The van der Waals surface area contributed by atoms with Crippen molar-refractivity contribution < 1.29 is 0 Å². The molecule has 0 atom stereocenters. The average molecular weight is 341 g/mol. The summed E-state index contributed by atoms with van der Waals surface area (Å²) in [5, 5.41) is 4.24. The van der Waals surface area contributed by atoms with E-state index in [0.29, 0.717) is 11.3 Å². The van der Waals surface area contributed by atoms with E-state index < -0.39 is 0 Å². The van der Waals surface area contributed by atoms with Gasteiger partial charge in [0, 0.05) is 29.7 Å². The third kappa shape index (κ3) is 2.17. The van der Waals surface area contributed by atoms with E-state index in [0.717, 1.165) is 40.0 Å². The molecule has 4 aromatic rings. The maximum atomic E-state index is 6.19. The van der Waals surface area contributed by atoms with E-state index in [1.807, 2.05) is 18.3 Å². The van der Waals surface area contributed by atoms with Crippen LogP contribution in [0.25, 0.3) is 33.4 Å². The molecule has 4 heterocycles. The van der Waals surface area contributed by atoms with Crippen LogP contribution in [-0.2, 0) is 0 Å². The van der Waals surface area contributed by atoms with Crippen LogP contribution in [0.3, 0.4) is 0 Å². The lowest BCUT2D eigenvalue weighted by Crippen LogP contribution is -2.03. The Bertz CT molecular complexity index is 1230. The van der Waals surface area contributed by atoms with Crippen LogP contribution in [0.4, 0.5) is 5.82 Å². The number of allylic oxidation sites excluding steroid dienone is 4. The van der Waals surface area contributed by atoms with Gasteiger partial charge in [-0.05, 0) is 31.1 Å². The van der Waals surface area contributed by atoms with Crippen molar-refractivity contribution in [3.63, 3.8) is 0 Å². The molecular formula is C19H15N7. The zero-order valence-electron chi connectivity index (χ0n) is 14.1. The summed E-state index contributed by atoms with van der Waals surface area (Å²) in [4.78, 5) is 17.8. The Morgan fingerprint density at radius 3 is 2.69 bits per heavy atom. The van der Waals surface area contributed by atoms with Gasteiger partial charge in [0.25, 0.3) is 0 Å². The summed E-state index contributed by atoms with van der Waals surface area (Å²) in [6, 6.07) is 3.93. The molecule has 5 rings (SSSR count). The van der Waals surface area contributed by atoms with E-state index >= 15 is 0 Å². The van der Waals surface area contributed by atoms with Gasteiger partial charge in [0.1, 0.15) is 17.4 Å². The summed E-state index contributed by atoms with van der Waals surface area (Å²) < 4.78 is 1.74. The number of nitrogen functional groups attached to an aromatic ring is 1. The third-order valence-electron chi connectivity index (χ3n) is 4.55. The topological polar surface area (TPSA) is 94.9 Å². The molecule has 0 radical (unpaired) electrons. The predicted octanol–water partition coefficient (Wildman–Crippen LogP) is 3.05. The van der Waals surface area contributed by atoms with Gasteiger partial charge in [-0.15, -0.1) is 0 Å². The summed E-state index contributed by atoms with van der Waals surface area (Å²) in [6.45, 7) is 2.11. The van der Waals surface area contributed by atoms with Crippen molar-refractivity contribution in [1.82, 2.24) is 29.5 Å². The maximum absolute atomic E-state index is 6.19. The summed E-state index contributed by atoms with van der Waals surface area (Å²) in [5.74, 6) is 0.388. The molecule has 0 unspecified atom stereocenters. The number of rotatable bonds is 2. The number of nitrogens with zero attached hydrogens (tertiary/aromatic N) is 6. The molecule has 126 valence electrons. The molecule has 4 aromatic heterocycles. The van der Waals surface area contributed by atoms with Gasteiger partial charge in [-0.2, -0.15) is 5.10 Å². The van der Waals surface area contributed by atoms with Crippen molar-refractivity contribution in [1.29, 1.82) is 0 Å². The van der Waals surface area contributed by atoms with E-state index in [2.05, 4.69) is 39.1 Å². The van der Waals surface area contributed by atoms with E-state index in [1.165, 1.54) is 11.9 Å². The highest BCUT2D eigenvalue weighted by molar-refractivity contribution is 6.01. The Balaban J connectivity index is 1.85. The second-order valence-corrected chi connectivity index (χ2v) is 6.34. The minimum absolute atomic E-state index is 0.388. The van der Waals surface area contributed by atoms with Gasteiger partial charge < -0.3 is 5.73 Å². The lowest BCUT2D eigenvalue weighted by atomic mass is 9.97. The molecule has 1 aliphatic carbocycles. The van der Waals surface area contributed by atoms with Gasteiger partial charge in [-0.1, -0.05) is 17.7 Å². The maximum Gasteiger partial charge on any atom is 0.155 e. The van der Waals surface area contributed by atoms with Crippen LogP contribution >= 0.6 is 0 Å². The number of hydrogen-bond donors (Lipinski definition) is 1. The second kappa shape index (κ2) is 5.45. The quantitative estimate of drug-likeness (QED) is 0.602. The van der Waals surface area contributed by atoms with Crippen LogP contribution < -0.4 is 5.73 Å². The van der Waals surface area contributed by atoms with Crippen LogP contribution in [0.15, 0.2) is 54.8 Å². The minimum Gasteiger partial charge on any atom is -0.382 e. The molecule has 0 saturated heterocycles. The molecule has 0 fully saturated rings. The average Bonchev–Trinajstić information content (AvgIpc) is 3.30. The van der Waals surface area contributed by atoms with Crippen molar-refractivity contribution in [3.05, 3.63) is 60.5 Å². The van der Waals surface area contributed by atoms with Crippen LogP contribution in [0.2, 0.25) is 0 Å². The molecule has 7 heteroatoms. The molecule has 0 aliphatic heterocycles. The van der Waals surface area contributed by atoms with E-state index in [1.54, 1.807) is 16.9 Å². The highest BCUT2D eigenvalue weighted by Gasteiger charge is 2.21. The van der Waals surface area contributed by atoms with Crippen LogP contribution in [-0.4, -0.2) is 29.5 Å². The number of hydrogen-bond acceptors (Lipinski definition) is 6. The number of aromatic nitrogens is 6. The van der Waals surface area contributed by atoms with Crippen LogP contribution in [0.1, 0.15) is 19.0 Å². The third-order valence-corrected chi connectivity index (χ3v) is 4.55. The van der Waals surface area contributed by atoms with Gasteiger partial charge in [-0.3, -0.25) is 4.98 Å². The Morgan fingerprint density at radius 2 is 1.88 bits per heavy atom. The van der Waals surface area contributed by atoms with Crippen molar-refractivity contribution in [2.75, 3.05) is 5.73 Å². The molecule has 7 nitrogen and oxygen atoms in total. The Hall–Kier alpha value is -3.61. The normalized spacial score (nSPS) is 14.0. The lowest BCUT2D eigenvalue weighted by Gasteiger charge is -2.14. The van der Waals surface area contributed by atoms with Crippen LogP contribution in [0.5, 0.6) is 0 Å². The molecule has 0 amide bonds. The van der Waals surface area contributed by atoms with Gasteiger partial charge in [0.15, 0.2) is 11.5 Å². The lowest BCUT2D eigenvalue weighted by molar-refractivity contribution is 0.962. The monoisotopic (exact) mass is 341 g/mol. The predicted molar refractivity (Wildman–Crippen MR) is 100 cm³/mol. The zero-order valence-corrected chi connectivity index (χ0v) is 14.1. The molecule has 0 saturated carbocycles. The van der Waals surface area contributed by atoms with Gasteiger partial charge in [0.2, 0.25) is 0 Å².